The summed E-state index contributed by atoms with van der Waals surface area (Å²) in [7, 11) is -2.24. The van der Waals surface area contributed by atoms with Gasteiger partial charge in [0.2, 0.25) is 5.88 Å². The fourth-order valence-electron chi connectivity index (χ4n) is 2.56. The van der Waals surface area contributed by atoms with Gasteiger partial charge in [-0.15, -0.1) is 0 Å². The first-order chi connectivity index (χ1) is 12.4. The monoisotopic (exact) mass is 369 g/mol. The highest BCUT2D eigenvalue weighted by molar-refractivity contribution is 7.87. The van der Waals surface area contributed by atoms with Crippen molar-refractivity contribution >= 4 is 21.1 Å². The molecule has 3 aromatic rings. The van der Waals surface area contributed by atoms with E-state index < -0.39 is 10.2 Å². The van der Waals surface area contributed by atoms with E-state index >= 15 is 0 Å². The Kier molecular flexibility index (Phi) is 4.81. The van der Waals surface area contributed by atoms with Crippen LogP contribution in [0.5, 0.6) is 5.88 Å². The fraction of sp³-hybridized carbons (Fsp3) is 0.118. The van der Waals surface area contributed by atoms with Crippen LogP contribution >= 0.6 is 0 Å². The van der Waals surface area contributed by atoms with E-state index in [1.807, 2.05) is 12.1 Å². The molecule has 0 saturated carbocycles. The Morgan fingerprint density at radius 2 is 1.96 bits per heavy atom. The maximum Gasteiger partial charge on any atom is 0.274 e. The van der Waals surface area contributed by atoms with Crippen molar-refractivity contribution in [2.45, 2.75) is 6.54 Å². The van der Waals surface area contributed by atoms with Crippen molar-refractivity contribution in [2.24, 2.45) is 5.14 Å². The van der Waals surface area contributed by atoms with Gasteiger partial charge in [0.15, 0.2) is 0 Å². The van der Waals surface area contributed by atoms with Gasteiger partial charge in [-0.05, 0) is 11.1 Å². The molecule has 0 atom stereocenters. The molecule has 26 heavy (non-hydrogen) atoms. The molecule has 3 N–H and O–H groups in total. The minimum atomic E-state index is -3.75. The number of benzene rings is 1. The first-order valence-electron chi connectivity index (χ1n) is 7.51. The Morgan fingerprint density at radius 3 is 2.58 bits per heavy atom. The summed E-state index contributed by atoms with van der Waals surface area (Å²) in [6, 6.07) is 11.0. The number of nitriles is 1. The molecule has 0 unspecified atom stereocenters. The lowest BCUT2D eigenvalue weighted by atomic mass is 9.97. The summed E-state index contributed by atoms with van der Waals surface area (Å²) in [6.45, 7) is 0.0824. The zero-order valence-corrected chi connectivity index (χ0v) is 14.6. The molecule has 0 fully saturated rings. The normalized spacial score (nSPS) is 11.3. The van der Waals surface area contributed by atoms with Crippen molar-refractivity contribution in [2.75, 3.05) is 7.11 Å². The SMILES string of the molecule is COc1cc2c(-c3ccc(CNS(N)(=O)=O)cc3)c(C#N)cnc2cn1. The molecule has 0 aliphatic carbocycles. The number of nitrogens with zero attached hydrogens (tertiary/aromatic N) is 3. The standard InChI is InChI=1S/C17H15N5O3S/c1-25-16-6-14-15(10-21-16)20-9-13(7-18)17(14)12-4-2-11(3-5-12)8-22-26(19,23)24/h2-6,9-10,22H,8H2,1H3,(H2,19,23,24). The maximum absolute atomic E-state index is 11.0. The van der Waals surface area contributed by atoms with Crippen molar-refractivity contribution in [1.29, 1.82) is 5.26 Å². The first-order valence-corrected chi connectivity index (χ1v) is 9.05. The van der Waals surface area contributed by atoms with Gasteiger partial charge in [-0.25, -0.2) is 10.1 Å². The smallest absolute Gasteiger partial charge is 0.274 e. The largest absolute Gasteiger partial charge is 0.481 e. The number of aromatic nitrogens is 2. The number of methoxy groups -OCH3 is 1. The molecule has 2 heterocycles. The third-order valence-electron chi connectivity index (χ3n) is 3.78. The number of hydrogen-bond acceptors (Lipinski definition) is 6. The second-order valence-electron chi connectivity index (χ2n) is 5.47. The van der Waals surface area contributed by atoms with E-state index in [0.717, 1.165) is 16.5 Å². The highest BCUT2D eigenvalue weighted by Crippen LogP contribution is 2.32. The lowest BCUT2D eigenvalue weighted by Gasteiger charge is -2.10. The van der Waals surface area contributed by atoms with Gasteiger partial charge in [0.25, 0.3) is 10.2 Å². The van der Waals surface area contributed by atoms with Crippen molar-refractivity contribution in [3.63, 3.8) is 0 Å². The van der Waals surface area contributed by atoms with Gasteiger partial charge in [0, 0.05) is 29.8 Å². The Labute approximate surface area is 150 Å². The number of fused-ring (bicyclic) bond motifs is 1. The average molecular weight is 369 g/mol. The van der Waals surface area contributed by atoms with Gasteiger partial charge in [-0.3, -0.25) is 4.98 Å². The zero-order chi connectivity index (χ0) is 18.7. The van der Waals surface area contributed by atoms with E-state index in [2.05, 4.69) is 20.8 Å². The van der Waals surface area contributed by atoms with Gasteiger partial charge in [0.05, 0.1) is 24.4 Å². The highest BCUT2D eigenvalue weighted by atomic mass is 32.2. The van der Waals surface area contributed by atoms with Crippen LogP contribution in [-0.4, -0.2) is 25.5 Å². The van der Waals surface area contributed by atoms with Crippen molar-refractivity contribution in [1.82, 2.24) is 14.7 Å². The number of ether oxygens (including phenoxy) is 1. The first kappa shape index (κ1) is 17.8. The summed E-state index contributed by atoms with van der Waals surface area (Å²) >= 11 is 0. The van der Waals surface area contributed by atoms with E-state index in [-0.39, 0.29) is 6.54 Å². The predicted octanol–water partition coefficient (Wildman–Crippen LogP) is 1.47. The Morgan fingerprint density at radius 1 is 1.23 bits per heavy atom. The molecule has 0 aliphatic rings. The maximum atomic E-state index is 11.0. The van der Waals surface area contributed by atoms with Gasteiger partial charge in [-0.1, -0.05) is 24.3 Å². The molecule has 132 valence electrons. The second kappa shape index (κ2) is 7.05. The fourth-order valence-corrected chi connectivity index (χ4v) is 2.92. The van der Waals surface area contributed by atoms with Crippen LogP contribution in [0.25, 0.3) is 22.0 Å². The predicted molar refractivity (Wildman–Crippen MR) is 96.2 cm³/mol. The molecule has 1 aromatic carbocycles. The molecule has 9 heteroatoms. The van der Waals surface area contributed by atoms with E-state index in [9.17, 15) is 13.7 Å². The van der Waals surface area contributed by atoms with Gasteiger partial charge in [0.1, 0.15) is 6.07 Å². The molecule has 8 nitrogen and oxygen atoms in total. The number of nitrogens with two attached hydrogens (primary N) is 1. The lowest BCUT2D eigenvalue weighted by Crippen LogP contribution is -2.30. The van der Waals surface area contributed by atoms with Crippen LogP contribution in [0.3, 0.4) is 0 Å². The number of nitrogens with one attached hydrogen (secondary N) is 1. The minimum absolute atomic E-state index is 0.0824. The van der Waals surface area contributed by atoms with E-state index in [4.69, 9.17) is 9.88 Å². The molecule has 0 aliphatic heterocycles. The van der Waals surface area contributed by atoms with E-state index in [0.29, 0.717) is 22.5 Å². The zero-order valence-electron chi connectivity index (χ0n) is 13.8. The van der Waals surface area contributed by atoms with Gasteiger partial charge < -0.3 is 4.74 Å². The molecule has 0 radical (unpaired) electrons. The van der Waals surface area contributed by atoms with Crippen LogP contribution in [0, 0.1) is 11.3 Å². The summed E-state index contributed by atoms with van der Waals surface area (Å²) < 4.78 is 29.4. The average Bonchev–Trinajstić information content (AvgIpc) is 2.64. The third-order valence-corrected chi connectivity index (χ3v) is 4.33. The van der Waals surface area contributed by atoms with Crippen LogP contribution < -0.4 is 14.6 Å². The van der Waals surface area contributed by atoms with E-state index in [1.165, 1.54) is 13.3 Å². The Balaban J connectivity index is 2.07. The van der Waals surface area contributed by atoms with Crippen molar-refractivity contribution in [3.8, 4) is 23.1 Å². The third kappa shape index (κ3) is 3.78. The second-order valence-corrected chi connectivity index (χ2v) is 6.84. The molecule has 0 amide bonds. The Hall–Kier alpha value is -3.06. The summed E-state index contributed by atoms with van der Waals surface area (Å²) in [5.41, 5.74) is 3.30. The molecule has 0 saturated heterocycles. The molecule has 3 rings (SSSR count). The molecule has 0 spiro atoms. The quantitative estimate of drug-likeness (QED) is 0.700. The van der Waals surface area contributed by atoms with Crippen molar-refractivity contribution < 1.29 is 13.2 Å². The summed E-state index contributed by atoms with van der Waals surface area (Å²) in [5, 5.41) is 15.1. The van der Waals surface area contributed by atoms with Crippen LogP contribution in [0.4, 0.5) is 0 Å². The lowest BCUT2D eigenvalue weighted by molar-refractivity contribution is 0.398. The number of rotatable bonds is 5. The molecular formula is C17H15N5O3S. The van der Waals surface area contributed by atoms with Crippen LogP contribution in [-0.2, 0) is 16.8 Å². The number of hydrogen-bond donors (Lipinski definition) is 2. The minimum Gasteiger partial charge on any atom is -0.481 e. The Bertz CT molecular complexity index is 1110. The van der Waals surface area contributed by atoms with Crippen molar-refractivity contribution in [3.05, 3.63) is 53.9 Å². The van der Waals surface area contributed by atoms with Crippen LogP contribution in [0.15, 0.2) is 42.7 Å². The molecular weight excluding hydrogens is 354 g/mol. The summed E-state index contributed by atoms with van der Waals surface area (Å²) in [6.07, 6.45) is 3.09. The van der Waals surface area contributed by atoms with Crippen LogP contribution in [0.2, 0.25) is 0 Å². The highest BCUT2D eigenvalue weighted by Gasteiger charge is 2.13. The van der Waals surface area contributed by atoms with Gasteiger partial charge in [-0.2, -0.15) is 18.4 Å². The van der Waals surface area contributed by atoms with E-state index in [1.54, 1.807) is 24.4 Å². The summed E-state index contributed by atoms with van der Waals surface area (Å²) in [5.74, 6) is 0.421. The molecule has 0 bridgehead atoms. The van der Waals surface area contributed by atoms with Gasteiger partial charge >= 0.3 is 0 Å². The molecule has 2 aromatic heterocycles. The topological polar surface area (TPSA) is 131 Å². The summed E-state index contributed by atoms with van der Waals surface area (Å²) in [4.78, 5) is 8.39. The number of pyridine rings is 2. The van der Waals surface area contributed by atoms with Crippen LogP contribution in [0.1, 0.15) is 11.1 Å².